The number of nitrogens with zero attached hydrogens (tertiary/aromatic N) is 2. The molecule has 2 aliphatic heterocycles. The Balaban J connectivity index is 0.000000605. The van der Waals surface area contributed by atoms with Crippen LogP contribution in [-0.4, -0.2) is 12.1 Å². The fraction of sp³-hybridized carbons (Fsp3) is 0.143. The number of allylic oxidation sites excluding steroid dienone is 2. The number of hydrogen-bond acceptors (Lipinski definition) is 3. The highest BCUT2D eigenvalue weighted by atomic mass is 35.5. The molecule has 2 rings (SSSR count). The molecule has 2 aliphatic rings. The molecule has 2 N–H and O–H groups in total. The van der Waals surface area contributed by atoms with Crippen LogP contribution in [0.5, 0.6) is 0 Å². The fourth-order valence-corrected chi connectivity index (χ4v) is 1.03. The second kappa shape index (κ2) is 2.88. The van der Waals surface area contributed by atoms with Gasteiger partial charge in [0, 0.05) is 12.6 Å². The average Bonchev–Trinajstić information content (AvgIpc) is 2.33. The number of nitrogens with two attached hydrogens (primary N) is 1. The number of halogens is 1. The minimum absolute atomic E-state index is 0. The smallest absolute Gasteiger partial charge is 0.103 e. The zero-order valence-electron chi connectivity index (χ0n) is 5.82. The van der Waals surface area contributed by atoms with Crippen molar-refractivity contribution in [1.82, 2.24) is 0 Å². The summed E-state index contributed by atoms with van der Waals surface area (Å²) in [7, 11) is 0. The van der Waals surface area contributed by atoms with Crippen LogP contribution in [-0.2, 0) is 0 Å². The van der Waals surface area contributed by atoms with Crippen molar-refractivity contribution in [3.8, 4) is 0 Å². The van der Waals surface area contributed by atoms with Crippen LogP contribution in [0.1, 0.15) is 6.42 Å². The third-order valence-corrected chi connectivity index (χ3v) is 1.54. The Labute approximate surface area is 70.8 Å². The standard InChI is InChI=1S/C7H7N3.ClH/c8-7-3-5-1-2-9-6(5)4-10-7;/h1-2,4H,3H2,(H2,8,10);1H. The van der Waals surface area contributed by atoms with Gasteiger partial charge in [0.15, 0.2) is 0 Å². The maximum Gasteiger partial charge on any atom is 0.103 e. The molecule has 0 aliphatic carbocycles. The third-order valence-electron chi connectivity index (χ3n) is 1.54. The number of hydrogen-bond donors (Lipinski definition) is 1. The second-order valence-electron chi connectivity index (χ2n) is 2.28. The van der Waals surface area contributed by atoms with Gasteiger partial charge in [0.25, 0.3) is 0 Å². The third kappa shape index (κ3) is 1.33. The van der Waals surface area contributed by atoms with Crippen molar-refractivity contribution in [1.29, 1.82) is 0 Å². The Kier molecular flexibility index (Phi) is 2.10. The van der Waals surface area contributed by atoms with Crippen molar-refractivity contribution in [2.75, 3.05) is 0 Å². The second-order valence-corrected chi connectivity index (χ2v) is 2.28. The summed E-state index contributed by atoms with van der Waals surface area (Å²) in [6, 6.07) is 0. The largest absolute Gasteiger partial charge is 0.387 e. The Morgan fingerprint density at radius 2 is 2.27 bits per heavy atom. The Morgan fingerprint density at radius 1 is 1.45 bits per heavy atom. The van der Waals surface area contributed by atoms with Gasteiger partial charge in [-0.25, -0.2) is 4.99 Å². The Bertz CT molecular complexity index is 286. The normalized spacial score (nSPS) is 19.5. The molecule has 0 bridgehead atoms. The van der Waals surface area contributed by atoms with E-state index in [-0.39, 0.29) is 12.4 Å². The van der Waals surface area contributed by atoms with Gasteiger partial charge >= 0.3 is 0 Å². The summed E-state index contributed by atoms with van der Waals surface area (Å²) in [5.74, 6) is 0.667. The lowest BCUT2D eigenvalue weighted by Crippen LogP contribution is -2.14. The van der Waals surface area contributed by atoms with E-state index in [0.717, 1.165) is 12.1 Å². The molecule has 0 saturated carbocycles. The van der Waals surface area contributed by atoms with Crippen LogP contribution in [0.15, 0.2) is 33.5 Å². The van der Waals surface area contributed by atoms with Gasteiger partial charge in [-0.3, -0.25) is 4.99 Å². The van der Waals surface area contributed by atoms with Crippen LogP contribution in [0.25, 0.3) is 0 Å². The predicted octanol–water partition coefficient (Wildman–Crippen LogP) is 1.02. The van der Waals surface area contributed by atoms with E-state index in [1.54, 1.807) is 12.4 Å². The monoisotopic (exact) mass is 169 g/mol. The van der Waals surface area contributed by atoms with Crippen molar-refractivity contribution in [3.63, 3.8) is 0 Å². The maximum absolute atomic E-state index is 5.50. The molecule has 0 unspecified atom stereocenters. The van der Waals surface area contributed by atoms with Crippen molar-refractivity contribution in [2.24, 2.45) is 15.7 Å². The molecule has 0 aromatic carbocycles. The van der Waals surface area contributed by atoms with E-state index in [2.05, 4.69) is 9.98 Å². The van der Waals surface area contributed by atoms with E-state index < -0.39 is 0 Å². The number of aliphatic imine (C=N–C) groups is 2. The fourth-order valence-electron chi connectivity index (χ4n) is 1.03. The van der Waals surface area contributed by atoms with Gasteiger partial charge in [-0.05, 0) is 11.6 Å². The Morgan fingerprint density at radius 3 is 3.09 bits per heavy atom. The topological polar surface area (TPSA) is 50.7 Å². The van der Waals surface area contributed by atoms with Gasteiger partial charge in [0.2, 0.25) is 0 Å². The SMILES string of the molecule is Cl.NC1=NC=C2N=CC=C2C1. The molecule has 0 spiro atoms. The molecule has 0 atom stereocenters. The highest BCUT2D eigenvalue weighted by Crippen LogP contribution is 2.22. The number of amidine groups is 1. The van der Waals surface area contributed by atoms with Crippen molar-refractivity contribution in [2.45, 2.75) is 6.42 Å². The van der Waals surface area contributed by atoms with E-state index in [1.165, 1.54) is 5.57 Å². The zero-order chi connectivity index (χ0) is 6.97. The zero-order valence-corrected chi connectivity index (χ0v) is 6.64. The van der Waals surface area contributed by atoms with Crippen LogP contribution in [0, 0.1) is 0 Å². The summed E-state index contributed by atoms with van der Waals surface area (Å²) in [5.41, 5.74) is 7.63. The van der Waals surface area contributed by atoms with Gasteiger partial charge in [-0.2, -0.15) is 0 Å². The van der Waals surface area contributed by atoms with E-state index in [4.69, 9.17) is 5.73 Å². The summed E-state index contributed by atoms with van der Waals surface area (Å²) in [4.78, 5) is 8.02. The van der Waals surface area contributed by atoms with E-state index in [0.29, 0.717) is 5.84 Å². The van der Waals surface area contributed by atoms with Crippen molar-refractivity contribution in [3.05, 3.63) is 23.5 Å². The lowest BCUT2D eigenvalue weighted by atomic mass is 10.1. The van der Waals surface area contributed by atoms with Crippen LogP contribution >= 0.6 is 12.4 Å². The quantitative estimate of drug-likeness (QED) is 0.579. The highest BCUT2D eigenvalue weighted by Gasteiger charge is 2.12. The highest BCUT2D eigenvalue weighted by molar-refractivity contribution is 5.90. The first-order valence-corrected chi connectivity index (χ1v) is 3.12. The van der Waals surface area contributed by atoms with Crippen molar-refractivity contribution >= 4 is 24.5 Å². The number of fused-ring (bicyclic) bond motifs is 1. The Hall–Kier alpha value is -1.09. The molecule has 0 aromatic rings. The summed E-state index contributed by atoms with van der Waals surface area (Å²) >= 11 is 0. The minimum Gasteiger partial charge on any atom is -0.387 e. The molecule has 0 radical (unpaired) electrons. The molecule has 2 heterocycles. The molecule has 58 valence electrons. The molecule has 11 heavy (non-hydrogen) atoms. The summed E-state index contributed by atoms with van der Waals surface area (Å²) in [6.45, 7) is 0. The van der Waals surface area contributed by atoms with Crippen LogP contribution in [0.2, 0.25) is 0 Å². The summed E-state index contributed by atoms with van der Waals surface area (Å²) in [6.07, 6.45) is 6.18. The first-order chi connectivity index (χ1) is 4.86. The van der Waals surface area contributed by atoms with Gasteiger partial charge in [-0.1, -0.05) is 0 Å². The first-order valence-electron chi connectivity index (χ1n) is 3.12. The number of rotatable bonds is 0. The molecule has 0 fully saturated rings. The van der Waals surface area contributed by atoms with Gasteiger partial charge in [0.1, 0.15) is 5.84 Å². The van der Waals surface area contributed by atoms with Crippen LogP contribution < -0.4 is 5.73 Å². The van der Waals surface area contributed by atoms with Crippen LogP contribution in [0.4, 0.5) is 0 Å². The predicted molar refractivity (Wildman–Crippen MR) is 48.1 cm³/mol. The molecule has 0 aromatic heterocycles. The summed E-state index contributed by atoms with van der Waals surface area (Å²) < 4.78 is 0. The molecular weight excluding hydrogens is 162 g/mol. The van der Waals surface area contributed by atoms with Crippen molar-refractivity contribution < 1.29 is 0 Å². The molecule has 4 heteroatoms. The van der Waals surface area contributed by atoms with Crippen LogP contribution in [0.3, 0.4) is 0 Å². The maximum atomic E-state index is 5.50. The van der Waals surface area contributed by atoms with E-state index in [1.807, 2.05) is 6.08 Å². The van der Waals surface area contributed by atoms with Gasteiger partial charge in [0.05, 0.1) is 11.9 Å². The average molecular weight is 170 g/mol. The lowest BCUT2D eigenvalue weighted by Gasteiger charge is -2.06. The molecular formula is C7H8ClN3. The first kappa shape index (κ1) is 8.01. The summed E-state index contributed by atoms with van der Waals surface area (Å²) in [5, 5.41) is 0. The molecule has 0 amide bonds. The lowest BCUT2D eigenvalue weighted by molar-refractivity contribution is 1.16. The van der Waals surface area contributed by atoms with E-state index >= 15 is 0 Å². The molecule has 3 nitrogen and oxygen atoms in total. The van der Waals surface area contributed by atoms with Gasteiger partial charge in [-0.15, -0.1) is 12.4 Å². The van der Waals surface area contributed by atoms with Gasteiger partial charge < -0.3 is 5.73 Å². The van der Waals surface area contributed by atoms with E-state index in [9.17, 15) is 0 Å². The minimum atomic E-state index is 0. The molecule has 0 saturated heterocycles.